The van der Waals surface area contributed by atoms with Gasteiger partial charge < -0.3 is 16.4 Å². The van der Waals surface area contributed by atoms with Crippen molar-refractivity contribution >= 4 is 23.4 Å². The number of benzene rings is 1. The molecule has 120 valence electrons. The second-order valence-corrected chi connectivity index (χ2v) is 4.68. The molecule has 0 radical (unpaired) electrons. The molecule has 0 atom stereocenters. The number of nitro groups is 1. The number of carbonyl (C=O) groups is 1. The van der Waals surface area contributed by atoms with Gasteiger partial charge in [-0.15, -0.1) is 0 Å². The van der Waals surface area contributed by atoms with E-state index in [0.717, 1.165) is 11.8 Å². The lowest BCUT2D eigenvalue weighted by atomic mass is 10.1. The maximum absolute atomic E-state index is 11.6. The third-order valence-corrected chi connectivity index (χ3v) is 3.11. The highest BCUT2D eigenvalue weighted by molar-refractivity contribution is 5.94. The molecule has 2 rings (SSSR count). The van der Waals surface area contributed by atoms with E-state index in [0.29, 0.717) is 18.5 Å². The maximum Gasteiger partial charge on any atom is 0.329 e. The van der Waals surface area contributed by atoms with Crippen molar-refractivity contribution in [2.45, 2.75) is 6.42 Å². The Bertz CT molecular complexity index is 734. The molecule has 0 unspecified atom stereocenters. The van der Waals surface area contributed by atoms with E-state index in [4.69, 9.17) is 5.73 Å². The lowest BCUT2D eigenvalue weighted by molar-refractivity contribution is -0.384. The van der Waals surface area contributed by atoms with Crippen LogP contribution in [0.15, 0.2) is 30.5 Å². The summed E-state index contributed by atoms with van der Waals surface area (Å²) in [6.07, 6.45) is 1.70. The van der Waals surface area contributed by atoms with Crippen molar-refractivity contribution in [2.75, 3.05) is 24.6 Å². The van der Waals surface area contributed by atoms with Crippen LogP contribution in [-0.2, 0) is 6.42 Å². The van der Waals surface area contributed by atoms with Gasteiger partial charge >= 0.3 is 5.69 Å². The number of hydrogen-bond acceptors (Lipinski definition) is 7. The highest BCUT2D eigenvalue weighted by Gasteiger charge is 2.13. The van der Waals surface area contributed by atoms with E-state index in [1.54, 1.807) is 25.2 Å². The Hall–Kier alpha value is -3.23. The Kier molecular flexibility index (Phi) is 5.03. The van der Waals surface area contributed by atoms with E-state index in [2.05, 4.69) is 20.6 Å². The third-order valence-electron chi connectivity index (χ3n) is 3.11. The van der Waals surface area contributed by atoms with Crippen LogP contribution < -0.4 is 16.4 Å². The molecule has 0 aliphatic heterocycles. The Morgan fingerprint density at radius 2 is 2.22 bits per heavy atom. The summed E-state index contributed by atoms with van der Waals surface area (Å²) >= 11 is 0. The first kappa shape index (κ1) is 16.1. The van der Waals surface area contributed by atoms with Crippen LogP contribution in [0.1, 0.15) is 15.9 Å². The molecule has 1 amide bonds. The van der Waals surface area contributed by atoms with Crippen molar-refractivity contribution in [3.63, 3.8) is 0 Å². The van der Waals surface area contributed by atoms with Crippen LogP contribution in [0, 0.1) is 10.1 Å². The van der Waals surface area contributed by atoms with Crippen molar-refractivity contribution in [2.24, 2.45) is 0 Å². The number of carbonyl (C=O) groups excluding carboxylic acids is 1. The summed E-state index contributed by atoms with van der Waals surface area (Å²) in [7, 11) is 1.58. The molecular formula is C14H16N6O3. The highest BCUT2D eigenvalue weighted by Crippen LogP contribution is 2.18. The largest absolute Gasteiger partial charge is 0.378 e. The average molecular weight is 316 g/mol. The first-order valence-corrected chi connectivity index (χ1v) is 6.83. The van der Waals surface area contributed by atoms with Gasteiger partial charge in [-0.25, -0.2) is 4.98 Å². The third kappa shape index (κ3) is 4.13. The van der Waals surface area contributed by atoms with Crippen LogP contribution in [0.3, 0.4) is 0 Å². The Balaban J connectivity index is 1.96. The molecule has 0 spiro atoms. The minimum absolute atomic E-state index is 0.147. The van der Waals surface area contributed by atoms with Crippen molar-refractivity contribution in [3.8, 4) is 0 Å². The normalized spacial score (nSPS) is 10.1. The van der Waals surface area contributed by atoms with Crippen molar-refractivity contribution in [3.05, 3.63) is 51.7 Å². The van der Waals surface area contributed by atoms with Gasteiger partial charge in [0.1, 0.15) is 6.20 Å². The lowest BCUT2D eigenvalue weighted by Crippen LogP contribution is -2.18. The average Bonchev–Trinajstić information content (AvgIpc) is 2.54. The van der Waals surface area contributed by atoms with E-state index in [9.17, 15) is 14.9 Å². The molecule has 1 aromatic heterocycles. The first-order chi connectivity index (χ1) is 11.0. The molecule has 9 nitrogen and oxygen atoms in total. The minimum atomic E-state index is -0.636. The highest BCUT2D eigenvalue weighted by atomic mass is 16.6. The van der Waals surface area contributed by atoms with Gasteiger partial charge in [0, 0.05) is 19.2 Å². The van der Waals surface area contributed by atoms with Gasteiger partial charge in [-0.1, -0.05) is 12.1 Å². The van der Waals surface area contributed by atoms with E-state index in [1.165, 1.54) is 0 Å². The monoisotopic (exact) mass is 316 g/mol. The molecule has 9 heteroatoms. The standard InChI is InChI=1S/C14H16N6O3/c1-16-13(21)10-4-2-3-9(7-10)5-6-17-14-18-8-11(20(22)23)12(15)19-14/h2-4,7-8H,5-6H2,1H3,(H,16,21)(H3,15,17,18,19). The number of aromatic nitrogens is 2. The van der Waals surface area contributed by atoms with Crippen LogP contribution in [0.25, 0.3) is 0 Å². The molecule has 0 aliphatic rings. The van der Waals surface area contributed by atoms with Crippen molar-refractivity contribution in [1.29, 1.82) is 0 Å². The van der Waals surface area contributed by atoms with Crippen LogP contribution in [-0.4, -0.2) is 34.4 Å². The molecule has 4 N–H and O–H groups in total. The predicted octanol–water partition coefficient (Wildman–Crippen LogP) is 0.981. The fourth-order valence-corrected chi connectivity index (χ4v) is 1.95. The summed E-state index contributed by atoms with van der Waals surface area (Å²) in [6.45, 7) is 0.494. The van der Waals surface area contributed by atoms with Crippen LogP contribution >= 0.6 is 0 Å². The zero-order valence-electron chi connectivity index (χ0n) is 12.4. The summed E-state index contributed by atoms with van der Waals surface area (Å²) in [5.74, 6) is -0.115. The van der Waals surface area contributed by atoms with Crippen molar-refractivity contribution in [1.82, 2.24) is 15.3 Å². The van der Waals surface area contributed by atoms with E-state index in [1.807, 2.05) is 6.07 Å². The number of anilines is 2. The van der Waals surface area contributed by atoms with E-state index < -0.39 is 4.92 Å². The number of nitrogens with one attached hydrogen (secondary N) is 2. The molecular weight excluding hydrogens is 300 g/mol. The fourth-order valence-electron chi connectivity index (χ4n) is 1.95. The first-order valence-electron chi connectivity index (χ1n) is 6.83. The SMILES string of the molecule is CNC(=O)c1cccc(CCNc2ncc([N+](=O)[O-])c(N)n2)c1. The zero-order valence-corrected chi connectivity index (χ0v) is 12.4. The smallest absolute Gasteiger partial charge is 0.329 e. The molecule has 1 heterocycles. The van der Waals surface area contributed by atoms with Gasteiger partial charge in [-0.3, -0.25) is 14.9 Å². The molecule has 0 aliphatic carbocycles. The molecule has 23 heavy (non-hydrogen) atoms. The quantitative estimate of drug-likeness (QED) is 0.533. The van der Waals surface area contributed by atoms with Gasteiger partial charge in [0.15, 0.2) is 0 Å². The molecule has 0 saturated carbocycles. The molecule has 2 aromatic rings. The molecule has 0 bridgehead atoms. The summed E-state index contributed by atoms with van der Waals surface area (Å²) < 4.78 is 0. The lowest BCUT2D eigenvalue weighted by Gasteiger charge is -2.07. The number of rotatable bonds is 6. The number of nitrogens with zero attached hydrogens (tertiary/aromatic N) is 3. The number of hydrogen-bond donors (Lipinski definition) is 3. The van der Waals surface area contributed by atoms with Gasteiger partial charge in [-0.2, -0.15) is 4.98 Å². The predicted molar refractivity (Wildman–Crippen MR) is 85.1 cm³/mol. The van der Waals surface area contributed by atoms with E-state index >= 15 is 0 Å². The van der Waals surface area contributed by atoms with Gasteiger partial charge in [0.2, 0.25) is 11.8 Å². The number of nitrogens with two attached hydrogens (primary N) is 1. The Morgan fingerprint density at radius 1 is 1.43 bits per heavy atom. The topological polar surface area (TPSA) is 136 Å². The summed E-state index contributed by atoms with van der Waals surface area (Å²) in [5, 5.41) is 16.1. The van der Waals surface area contributed by atoms with E-state index in [-0.39, 0.29) is 23.4 Å². The molecule has 1 aromatic carbocycles. The second-order valence-electron chi connectivity index (χ2n) is 4.68. The Morgan fingerprint density at radius 3 is 2.87 bits per heavy atom. The maximum atomic E-state index is 11.6. The van der Waals surface area contributed by atoms with Crippen LogP contribution in [0.5, 0.6) is 0 Å². The van der Waals surface area contributed by atoms with Crippen LogP contribution in [0.4, 0.5) is 17.5 Å². The summed E-state index contributed by atoms with van der Waals surface area (Å²) in [6, 6.07) is 7.24. The molecule has 0 saturated heterocycles. The molecule has 0 fully saturated rings. The zero-order chi connectivity index (χ0) is 16.8. The van der Waals surface area contributed by atoms with Crippen LogP contribution in [0.2, 0.25) is 0 Å². The Labute approximate surface area is 132 Å². The second kappa shape index (κ2) is 7.16. The summed E-state index contributed by atoms with van der Waals surface area (Å²) in [5.41, 5.74) is 6.72. The van der Waals surface area contributed by atoms with Gasteiger partial charge in [0.05, 0.1) is 4.92 Å². The fraction of sp³-hybridized carbons (Fsp3) is 0.214. The van der Waals surface area contributed by atoms with Gasteiger partial charge in [-0.05, 0) is 24.1 Å². The van der Waals surface area contributed by atoms with Crippen molar-refractivity contribution < 1.29 is 9.72 Å². The number of nitrogen functional groups attached to an aromatic ring is 1. The van der Waals surface area contributed by atoms with Gasteiger partial charge in [0.25, 0.3) is 5.91 Å². The summed E-state index contributed by atoms with van der Waals surface area (Å²) in [4.78, 5) is 29.2. The number of amides is 1. The minimum Gasteiger partial charge on any atom is -0.378 e.